The summed E-state index contributed by atoms with van der Waals surface area (Å²) in [5, 5.41) is 20.1. The predicted octanol–water partition coefficient (Wildman–Crippen LogP) is 4.66. The fourth-order valence-corrected chi connectivity index (χ4v) is 3.09. The van der Waals surface area contributed by atoms with Crippen molar-refractivity contribution in [1.82, 2.24) is 4.98 Å². The molecule has 0 spiro atoms. The molecule has 0 radical (unpaired) electrons. The van der Waals surface area contributed by atoms with Gasteiger partial charge in [-0.15, -0.1) is 0 Å². The van der Waals surface area contributed by atoms with Crippen molar-refractivity contribution in [1.29, 1.82) is 5.41 Å². The summed E-state index contributed by atoms with van der Waals surface area (Å²) in [6.45, 7) is 3.29. The second kappa shape index (κ2) is 8.80. The van der Waals surface area contributed by atoms with Crippen LogP contribution in [0.2, 0.25) is 0 Å². The van der Waals surface area contributed by atoms with Gasteiger partial charge in [-0.2, -0.15) is 13.2 Å². The van der Waals surface area contributed by atoms with Crippen LogP contribution >= 0.6 is 0 Å². The highest BCUT2D eigenvalue weighted by atomic mass is 19.4. The van der Waals surface area contributed by atoms with Gasteiger partial charge in [0.05, 0.1) is 23.1 Å². The van der Waals surface area contributed by atoms with E-state index in [0.717, 1.165) is 17.7 Å². The summed E-state index contributed by atoms with van der Waals surface area (Å²) in [5.41, 5.74) is 7.53. The van der Waals surface area contributed by atoms with Crippen LogP contribution in [0.1, 0.15) is 34.0 Å². The maximum absolute atomic E-state index is 12.9. The molecule has 2 aromatic carbocycles. The molecule has 9 heteroatoms. The van der Waals surface area contributed by atoms with E-state index in [-0.39, 0.29) is 17.1 Å². The average Bonchev–Trinajstić information content (AvgIpc) is 2.74. The maximum Gasteiger partial charge on any atom is 0.416 e. The number of nitrogens with zero attached hydrogens (tertiary/aromatic N) is 1. The summed E-state index contributed by atoms with van der Waals surface area (Å²) in [4.78, 5) is 16.8. The number of hydrogen-bond donors (Lipinski definition) is 4. The van der Waals surface area contributed by atoms with Gasteiger partial charge < -0.3 is 21.6 Å². The molecule has 1 unspecified atom stereocenters. The molecule has 1 heterocycles. The quantitative estimate of drug-likeness (QED) is 0.431. The molecule has 166 valence electrons. The fraction of sp³-hybridized carbons (Fsp3) is 0.174. The second-order valence-electron chi connectivity index (χ2n) is 7.28. The molecule has 0 bridgehead atoms. The van der Waals surface area contributed by atoms with Gasteiger partial charge in [0.1, 0.15) is 5.82 Å². The summed E-state index contributed by atoms with van der Waals surface area (Å²) in [7, 11) is 0. The summed E-state index contributed by atoms with van der Waals surface area (Å²) < 4.78 is 38.8. The van der Waals surface area contributed by atoms with Crippen LogP contribution in [0.3, 0.4) is 0 Å². The number of nitrogens with two attached hydrogens (primary N) is 1. The minimum absolute atomic E-state index is 0.0552. The van der Waals surface area contributed by atoms with E-state index >= 15 is 0 Å². The minimum atomic E-state index is -4.55. The number of anilines is 2. The number of aliphatic hydroxyl groups excluding tert-OH is 1. The number of aryl methyl sites for hydroxylation is 1. The smallest absolute Gasteiger partial charge is 0.387 e. The first-order valence-corrected chi connectivity index (χ1v) is 9.60. The number of rotatable bonds is 5. The third-order valence-corrected chi connectivity index (χ3v) is 4.86. The van der Waals surface area contributed by atoms with E-state index in [1.807, 2.05) is 6.92 Å². The van der Waals surface area contributed by atoms with Crippen LogP contribution < -0.4 is 11.1 Å². The van der Waals surface area contributed by atoms with Gasteiger partial charge in [-0.25, -0.2) is 4.98 Å². The Morgan fingerprint density at radius 2 is 1.88 bits per heavy atom. The number of benzene rings is 2. The molecule has 3 rings (SSSR count). The third kappa shape index (κ3) is 4.94. The molecule has 0 fully saturated rings. The standard InChI is InChI=1S/C23H21F3N4O2/c1-12-6-7-16(29-22(32)14-4-3-5-15(10-14)23(24,25)26)11-18(12)19-9-8-17(21(28)30-19)20(27)13(2)31/h3-11,13,27,31H,1-2H3,(H2,28,30)(H,29,32). The van der Waals surface area contributed by atoms with Crippen molar-refractivity contribution >= 4 is 23.1 Å². The van der Waals surface area contributed by atoms with Gasteiger partial charge in [-0.1, -0.05) is 12.1 Å². The van der Waals surface area contributed by atoms with Crippen molar-refractivity contribution in [3.05, 3.63) is 76.9 Å². The molecule has 5 N–H and O–H groups in total. The van der Waals surface area contributed by atoms with Crippen molar-refractivity contribution in [3.63, 3.8) is 0 Å². The van der Waals surface area contributed by atoms with E-state index in [1.165, 1.54) is 19.1 Å². The van der Waals surface area contributed by atoms with Crippen LogP contribution in [0.5, 0.6) is 0 Å². The molecule has 0 aliphatic rings. The monoisotopic (exact) mass is 442 g/mol. The lowest BCUT2D eigenvalue weighted by Gasteiger charge is -2.13. The van der Waals surface area contributed by atoms with Crippen molar-refractivity contribution in [3.8, 4) is 11.3 Å². The van der Waals surface area contributed by atoms with Gasteiger partial charge in [0.15, 0.2) is 0 Å². The Morgan fingerprint density at radius 3 is 2.50 bits per heavy atom. The normalized spacial score (nSPS) is 12.3. The highest BCUT2D eigenvalue weighted by molar-refractivity contribution is 6.05. The lowest BCUT2D eigenvalue weighted by molar-refractivity contribution is -0.137. The number of amides is 1. The molecule has 6 nitrogen and oxygen atoms in total. The van der Waals surface area contributed by atoms with E-state index in [9.17, 15) is 23.1 Å². The second-order valence-corrected chi connectivity index (χ2v) is 7.28. The number of halogens is 3. The number of carbonyl (C=O) groups excluding carboxylic acids is 1. The highest BCUT2D eigenvalue weighted by Gasteiger charge is 2.30. The van der Waals surface area contributed by atoms with Crippen LogP contribution in [0.4, 0.5) is 24.7 Å². The number of carbonyl (C=O) groups is 1. The summed E-state index contributed by atoms with van der Waals surface area (Å²) >= 11 is 0. The minimum Gasteiger partial charge on any atom is -0.387 e. The van der Waals surface area contributed by atoms with Crippen molar-refractivity contribution in [2.45, 2.75) is 26.1 Å². The molecule has 1 aromatic heterocycles. The zero-order valence-corrected chi connectivity index (χ0v) is 17.3. The predicted molar refractivity (Wildman–Crippen MR) is 117 cm³/mol. The number of nitrogens with one attached hydrogen (secondary N) is 2. The molecule has 0 aliphatic carbocycles. The molecule has 0 aliphatic heterocycles. The maximum atomic E-state index is 12.9. The van der Waals surface area contributed by atoms with Gasteiger partial charge in [-0.3, -0.25) is 4.79 Å². The van der Waals surface area contributed by atoms with Crippen LogP contribution in [-0.2, 0) is 6.18 Å². The molecular weight excluding hydrogens is 421 g/mol. The van der Waals surface area contributed by atoms with E-state index < -0.39 is 23.8 Å². The van der Waals surface area contributed by atoms with Gasteiger partial charge in [0.25, 0.3) is 5.91 Å². The molecule has 1 amide bonds. The van der Waals surface area contributed by atoms with E-state index in [0.29, 0.717) is 22.5 Å². The van der Waals surface area contributed by atoms with E-state index in [1.54, 1.807) is 30.3 Å². The molecule has 0 saturated heterocycles. The third-order valence-electron chi connectivity index (χ3n) is 4.86. The summed E-state index contributed by atoms with van der Waals surface area (Å²) in [6, 6.07) is 12.4. The van der Waals surface area contributed by atoms with Crippen LogP contribution in [0.25, 0.3) is 11.3 Å². The van der Waals surface area contributed by atoms with Crippen molar-refractivity contribution in [2.75, 3.05) is 11.1 Å². The number of pyridine rings is 1. The average molecular weight is 442 g/mol. The fourth-order valence-electron chi connectivity index (χ4n) is 3.09. The first kappa shape index (κ1) is 23.0. The van der Waals surface area contributed by atoms with E-state index in [2.05, 4.69) is 10.3 Å². The Balaban J connectivity index is 1.89. The number of nitrogen functional groups attached to an aromatic ring is 1. The SMILES string of the molecule is Cc1ccc(NC(=O)c2cccc(C(F)(F)F)c2)cc1-c1ccc(C(=N)C(C)O)c(N)n1. The summed E-state index contributed by atoms with van der Waals surface area (Å²) in [5.74, 6) is -0.606. The first-order valence-electron chi connectivity index (χ1n) is 9.60. The zero-order valence-electron chi connectivity index (χ0n) is 17.3. The number of aromatic nitrogens is 1. The van der Waals surface area contributed by atoms with Gasteiger partial charge >= 0.3 is 6.18 Å². The Labute approximate surface area is 182 Å². The largest absolute Gasteiger partial charge is 0.416 e. The lowest BCUT2D eigenvalue weighted by atomic mass is 10.0. The van der Waals surface area contributed by atoms with Gasteiger partial charge in [0, 0.05) is 22.4 Å². The Morgan fingerprint density at radius 1 is 1.16 bits per heavy atom. The first-order chi connectivity index (χ1) is 15.0. The summed E-state index contributed by atoms with van der Waals surface area (Å²) in [6.07, 6.45) is -5.55. The zero-order chi connectivity index (χ0) is 23.6. The molecule has 3 aromatic rings. The molecular formula is C23H21F3N4O2. The van der Waals surface area contributed by atoms with Crippen molar-refractivity contribution < 1.29 is 23.1 Å². The van der Waals surface area contributed by atoms with Crippen molar-refractivity contribution in [2.24, 2.45) is 0 Å². The Kier molecular flexibility index (Phi) is 6.31. The molecule has 0 saturated carbocycles. The van der Waals surface area contributed by atoms with E-state index in [4.69, 9.17) is 11.1 Å². The van der Waals surface area contributed by atoms with Gasteiger partial charge in [0.2, 0.25) is 0 Å². The number of aliphatic hydroxyl groups is 1. The Bertz CT molecular complexity index is 1190. The molecule has 1 atom stereocenters. The number of hydrogen-bond acceptors (Lipinski definition) is 5. The van der Waals surface area contributed by atoms with Crippen LogP contribution in [0.15, 0.2) is 54.6 Å². The van der Waals surface area contributed by atoms with Gasteiger partial charge in [-0.05, 0) is 61.9 Å². The molecule has 32 heavy (non-hydrogen) atoms. The highest BCUT2D eigenvalue weighted by Crippen LogP contribution is 2.30. The van der Waals surface area contributed by atoms with Crippen LogP contribution in [0, 0.1) is 12.3 Å². The Hall–Kier alpha value is -3.72. The number of alkyl halides is 3. The lowest BCUT2D eigenvalue weighted by Crippen LogP contribution is -2.18. The topological polar surface area (TPSA) is 112 Å². The van der Waals surface area contributed by atoms with Crippen LogP contribution in [-0.4, -0.2) is 27.8 Å².